The van der Waals surface area contributed by atoms with Gasteiger partial charge in [0.05, 0.1) is 17.1 Å². The van der Waals surface area contributed by atoms with E-state index in [9.17, 15) is 31.1 Å². The van der Waals surface area contributed by atoms with Crippen molar-refractivity contribution in [2.75, 3.05) is 6.61 Å². The maximum Gasteiger partial charge on any atom is 0.379 e. The standard InChI is InChI=1S/C11H10F4O4S/c1-2-19-5-3-4-6-8(7(5)10(12)13)9(16)11(14,15)20(6,17)18/h3-4,9-10,16H,2H2,1H3/t9-/m1/s1. The van der Waals surface area contributed by atoms with Gasteiger partial charge in [-0.1, -0.05) is 0 Å². The van der Waals surface area contributed by atoms with E-state index in [0.29, 0.717) is 0 Å². The van der Waals surface area contributed by atoms with Crippen molar-refractivity contribution in [1.82, 2.24) is 0 Å². The minimum atomic E-state index is -5.19. The monoisotopic (exact) mass is 314 g/mol. The third kappa shape index (κ3) is 1.80. The highest BCUT2D eigenvalue weighted by atomic mass is 32.2. The summed E-state index contributed by atoms with van der Waals surface area (Å²) in [4.78, 5) is -0.992. The first-order valence-corrected chi connectivity index (χ1v) is 7.02. The van der Waals surface area contributed by atoms with Crippen molar-refractivity contribution in [3.63, 3.8) is 0 Å². The second-order valence-corrected chi connectivity index (χ2v) is 6.08. The Kier molecular flexibility index (Phi) is 3.45. The van der Waals surface area contributed by atoms with Crippen LogP contribution in [0.3, 0.4) is 0 Å². The molecule has 1 aromatic carbocycles. The van der Waals surface area contributed by atoms with Crippen molar-refractivity contribution < 1.29 is 35.8 Å². The number of sulfone groups is 1. The van der Waals surface area contributed by atoms with E-state index in [1.165, 1.54) is 6.92 Å². The van der Waals surface area contributed by atoms with Crippen molar-refractivity contribution in [3.8, 4) is 5.75 Å². The van der Waals surface area contributed by atoms with Crippen LogP contribution in [-0.2, 0) is 9.84 Å². The second kappa shape index (κ2) is 4.59. The Morgan fingerprint density at radius 3 is 2.50 bits per heavy atom. The lowest BCUT2D eigenvalue weighted by atomic mass is 10.0. The molecule has 1 heterocycles. The van der Waals surface area contributed by atoms with Gasteiger partial charge in [0.25, 0.3) is 6.43 Å². The third-order valence-electron chi connectivity index (χ3n) is 2.96. The molecule has 0 fully saturated rings. The van der Waals surface area contributed by atoms with Gasteiger partial charge in [0, 0.05) is 5.56 Å². The van der Waals surface area contributed by atoms with Crippen LogP contribution in [0.15, 0.2) is 17.0 Å². The average molecular weight is 314 g/mol. The first-order chi connectivity index (χ1) is 9.16. The number of aliphatic hydroxyl groups excluding tert-OH is 1. The summed E-state index contributed by atoms with van der Waals surface area (Å²) in [7, 11) is -5.19. The lowest BCUT2D eigenvalue weighted by Crippen LogP contribution is -2.28. The topological polar surface area (TPSA) is 63.6 Å². The van der Waals surface area contributed by atoms with E-state index in [1.807, 2.05) is 0 Å². The molecule has 0 saturated heterocycles. The molecule has 0 aromatic heterocycles. The Morgan fingerprint density at radius 1 is 1.40 bits per heavy atom. The molecule has 0 spiro atoms. The molecule has 9 heteroatoms. The summed E-state index contributed by atoms with van der Waals surface area (Å²) in [5.74, 6) is -0.423. The minimum Gasteiger partial charge on any atom is -0.493 e. The average Bonchev–Trinajstić information content (AvgIpc) is 2.48. The van der Waals surface area contributed by atoms with Gasteiger partial charge in [0.15, 0.2) is 6.10 Å². The second-order valence-electron chi connectivity index (χ2n) is 4.09. The number of ether oxygens (including phenoxy) is 1. The molecule has 1 N–H and O–H groups in total. The predicted molar refractivity (Wildman–Crippen MR) is 59.7 cm³/mol. The van der Waals surface area contributed by atoms with Crippen LogP contribution in [0.1, 0.15) is 30.6 Å². The van der Waals surface area contributed by atoms with Gasteiger partial charge in [0.2, 0.25) is 9.84 Å². The highest BCUT2D eigenvalue weighted by Gasteiger charge is 2.61. The fraction of sp³-hybridized carbons (Fsp3) is 0.455. The summed E-state index contributed by atoms with van der Waals surface area (Å²) in [5, 5.41) is 4.91. The normalized spacial score (nSPS) is 22.9. The minimum absolute atomic E-state index is 0.0161. The maximum absolute atomic E-state index is 13.5. The smallest absolute Gasteiger partial charge is 0.379 e. The van der Waals surface area contributed by atoms with Gasteiger partial charge < -0.3 is 9.84 Å². The molecular formula is C11H10F4O4S. The molecule has 4 nitrogen and oxygen atoms in total. The molecule has 112 valence electrons. The van der Waals surface area contributed by atoms with E-state index in [-0.39, 0.29) is 6.61 Å². The van der Waals surface area contributed by atoms with Crippen molar-refractivity contribution >= 4 is 9.84 Å². The predicted octanol–water partition coefficient (Wildman–Crippen LogP) is 2.44. The number of fused-ring (bicyclic) bond motifs is 1. The van der Waals surface area contributed by atoms with E-state index < -0.39 is 49.4 Å². The van der Waals surface area contributed by atoms with Crippen LogP contribution in [0.5, 0.6) is 5.75 Å². The van der Waals surface area contributed by atoms with Crippen LogP contribution >= 0.6 is 0 Å². The molecule has 0 radical (unpaired) electrons. The number of alkyl halides is 4. The summed E-state index contributed by atoms with van der Waals surface area (Å²) >= 11 is 0. The van der Waals surface area contributed by atoms with Gasteiger partial charge in [-0.15, -0.1) is 0 Å². The molecule has 0 saturated carbocycles. The van der Waals surface area contributed by atoms with Gasteiger partial charge in [-0.25, -0.2) is 17.2 Å². The summed E-state index contributed by atoms with van der Waals surface area (Å²) < 4.78 is 81.2. The van der Waals surface area contributed by atoms with Crippen LogP contribution in [0, 0.1) is 0 Å². The Labute approximate surface area is 111 Å². The fourth-order valence-electron chi connectivity index (χ4n) is 2.08. The zero-order chi connectivity index (χ0) is 15.3. The zero-order valence-electron chi connectivity index (χ0n) is 10.1. The SMILES string of the molecule is CCOc1ccc2c(c1C(F)F)[C@@H](O)C(F)(F)S2(=O)=O. The Hall–Kier alpha value is -1.35. The van der Waals surface area contributed by atoms with Crippen LogP contribution in [0.2, 0.25) is 0 Å². The summed E-state index contributed by atoms with van der Waals surface area (Å²) in [5.41, 5.74) is -2.01. The van der Waals surface area contributed by atoms with Gasteiger partial charge >= 0.3 is 5.25 Å². The Balaban J connectivity index is 2.81. The Morgan fingerprint density at radius 2 is 2.00 bits per heavy atom. The molecule has 0 amide bonds. The van der Waals surface area contributed by atoms with Gasteiger partial charge in [-0.3, -0.25) is 0 Å². The van der Waals surface area contributed by atoms with Crippen LogP contribution in [0.25, 0.3) is 0 Å². The maximum atomic E-state index is 13.5. The first kappa shape index (κ1) is 15.0. The number of benzene rings is 1. The zero-order valence-corrected chi connectivity index (χ0v) is 10.9. The van der Waals surface area contributed by atoms with E-state index in [4.69, 9.17) is 4.74 Å². The molecule has 1 aliphatic rings. The van der Waals surface area contributed by atoms with Crippen LogP contribution < -0.4 is 4.74 Å². The van der Waals surface area contributed by atoms with E-state index in [1.54, 1.807) is 0 Å². The Bertz CT molecular complexity index is 642. The van der Waals surface area contributed by atoms with Crippen molar-refractivity contribution in [1.29, 1.82) is 0 Å². The van der Waals surface area contributed by atoms with Crippen molar-refractivity contribution in [3.05, 3.63) is 23.3 Å². The molecule has 0 unspecified atom stereocenters. The number of hydrogen-bond donors (Lipinski definition) is 1. The quantitative estimate of drug-likeness (QED) is 0.870. The highest BCUT2D eigenvalue weighted by Crippen LogP contribution is 2.53. The molecular weight excluding hydrogens is 304 g/mol. The highest BCUT2D eigenvalue weighted by molar-refractivity contribution is 7.92. The first-order valence-electron chi connectivity index (χ1n) is 5.54. The van der Waals surface area contributed by atoms with Gasteiger partial charge in [0.1, 0.15) is 5.75 Å². The fourth-order valence-corrected chi connectivity index (χ4v) is 3.54. The van der Waals surface area contributed by atoms with E-state index in [2.05, 4.69) is 0 Å². The number of halogens is 4. The third-order valence-corrected chi connectivity index (χ3v) is 4.84. The lowest BCUT2D eigenvalue weighted by Gasteiger charge is -2.16. The molecule has 1 atom stereocenters. The van der Waals surface area contributed by atoms with Gasteiger partial charge in [-0.05, 0) is 19.1 Å². The van der Waals surface area contributed by atoms with Crippen LogP contribution in [-0.4, -0.2) is 25.4 Å². The number of hydrogen-bond acceptors (Lipinski definition) is 4. The molecule has 0 bridgehead atoms. The summed E-state index contributed by atoms with van der Waals surface area (Å²) in [6.07, 6.45) is -6.10. The van der Waals surface area contributed by atoms with E-state index in [0.717, 1.165) is 12.1 Å². The largest absolute Gasteiger partial charge is 0.493 e. The molecule has 2 rings (SSSR count). The molecule has 0 aliphatic carbocycles. The number of rotatable bonds is 3. The van der Waals surface area contributed by atoms with Crippen LogP contribution in [0.4, 0.5) is 17.6 Å². The van der Waals surface area contributed by atoms with E-state index >= 15 is 0 Å². The van der Waals surface area contributed by atoms with Crippen molar-refractivity contribution in [2.24, 2.45) is 0 Å². The van der Waals surface area contributed by atoms with Crippen molar-refractivity contribution in [2.45, 2.75) is 29.6 Å². The summed E-state index contributed by atoms with van der Waals surface area (Å²) in [6.45, 7) is 1.47. The molecule has 20 heavy (non-hydrogen) atoms. The number of aliphatic hydroxyl groups is 1. The molecule has 1 aromatic rings. The van der Waals surface area contributed by atoms with Gasteiger partial charge in [-0.2, -0.15) is 8.78 Å². The summed E-state index contributed by atoms with van der Waals surface area (Å²) in [6, 6.07) is 1.63. The lowest BCUT2D eigenvalue weighted by molar-refractivity contribution is -0.0392. The molecule has 1 aliphatic heterocycles.